The third-order valence-electron chi connectivity index (χ3n) is 1.68. The van der Waals surface area contributed by atoms with Gasteiger partial charge in [-0.3, -0.25) is 4.84 Å². The van der Waals surface area contributed by atoms with Crippen LogP contribution in [0.1, 0.15) is 19.3 Å². The van der Waals surface area contributed by atoms with E-state index in [-0.39, 0.29) is 37.0 Å². The van der Waals surface area contributed by atoms with Crippen LogP contribution in [0.3, 0.4) is 0 Å². The van der Waals surface area contributed by atoms with Crippen molar-refractivity contribution in [3.8, 4) is 0 Å². The Morgan fingerprint density at radius 1 is 1.20 bits per heavy atom. The Balaban J connectivity index is 0. The molecule has 0 heterocycles. The van der Waals surface area contributed by atoms with Crippen LogP contribution in [0.25, 0.3) is 0 Å². The maximum Gasteiger partial charge on any atom is 0.0937 e. The fourth-order valence-corrected chi connectivity index (χ4v) is 1.12. The summed E-state index contributed by atoms with van der Waals surface area (Å²) in [5, 5.41) is 0. The van der Waals surface area contributed by atoms with E-state index in [0.29, 0.717) is 0 Å². The number of hydrogen-bond donors (Lipinski definition) is 2. The van der Waals surface area contributed by atoms with Crippen LogP contribution in [0.5, 0.6) is 0 Å². The Labute approximate surface area is 73.2 Å². The first-order chi connectivity index (χ1) is 3.84. The molecule has 0 aromatic heterocycles. The normalized spacial score (nSPS) is 30.6. The van der Waals surface area contributed by atoms with Gasteiger partial charge in [0.2, 0.25) is 0 Å². The molecule has 64 valence electrons. The van der Waals surface area contributed by atoms with E-state index in [2.05, 4.69) is 4.84 Å². The molecule has 1 aliphatic rings. The lowest BCUT2D eigenvalue weighted by atomic mass is 10.2. The zero-order valence-electron chi connectivity index (χ0n) is 5.66. The van der Waals surface area contributed by atoms with Crippen molar-refractivity contribution in [2.45, 2.75) is 31.4 Å². The minimum Gasteiger partial charge on any atom is -0.325 e. The standard InChI is InChI=1S/C5H12N2O.2ClH/c6-4-2-1-3-5(4)8-7;;/h4-5H,1-3,6-7H2;2*1H. The van der Waals surface area contributed by atoms with Crippen molar-refractivity contribution in [1.29, 1.82) is 0 Å². The summed E-state index contributed by atoms with van der Waals surface area (Å²) in [5.74, 6) is 4.94. The quantitative estimate of drug-likeness (QED) is 0.593. The molecule has 0 aromatic rings. The Bertz CT molecular complexity index is 84.0. The summed E-state index contributed by atoms with van der Waals surface area (Å²) in [6.07, 6.45) is 3.36. The molecule has 1 rings (SSSR count). The summed E-state index contributed by atoms with van der Waals surface area (Å²) < 4.78 is 0. The summed E-state index contributed by atoms with van der Waals surface area (Å²) in [6, 6.07) is 0.181. The van der Waals surface area contributed by atoms with Gasteiger partial charge in [-0.05, 0) is 19.3 Å². The molecule has 0 aromatic carbocycles. The van der Waals surface area contributed by atoms with Crippen LogP contribution in [0.15, 0.2) is 0 Å². The Morgan fingerprint density at radius 3 is 2.00 bits per heavy atom. The number of nitrogens with two attached hydrogens (primary N) is 2. The lowest BCUT2D eigenvalue weighted by Crippen LogP contribution is -2.33. The van der Waals surface area contributed by atoms with Gasteiger partial charge in [0.15, 0.2) is 0 Å². The highest BCUT2D eigenvalue weighted by molar-refractivity contribution is 5.85. The van der Waals surface area contributed by atoms with Crippen molar-refractivity contribution in [3.63, 3.8) is 0 Å². The van der Waals surface area contributed by atoms with Crippen molar-refractivity contribution in [2.24, 2.45) is 11.6 Å². The average molecular weight is 189 g/mol. The van der Waals surface area contributed by atoms with Gasteiger partial charge in [-0.15, -0.1) is 24.8 Å². The smallest absolute Gasteiger partial charge is 0.0937 e. The summed E-state index contributed by atoms with van der Waals surface area (Å²) in [4.78, 5) is 4.60. The third kappa shape index (κ3) is 3.03. The van der Waals surface area contributed by atoms with E-state index < -0.39 is 0 Å². The molecule has 0 aliphatic heterocycles. The van der Waals surface area contributed by atoms with Gasteiger partial charge in [0.05, 0.1) is 6.10 Å². The van der Waals surface area contributed by atoms with Crippen LogP contribution in [0, 0.1) is 0 Å². The van der Waals surface area contributed by atoms with Crippen LogP contribution in [0.4, 0.5) is 0 Å². The fourth-order valence-electron chi connectivity index (χ4n) is 1.12. The predicted octanol–water partition coefficient (Wildman–Crippen LogP) is 0.600. The highest BCUT2D eigenvalue weighted by Gasteiger charge is 2.23. The summed E-state index contributed by atoms with van der Waals surface area (Å²) in [7, 11) is 0. The molecule has 0 saturated heterocycles. The topological polar surface area (TPSA) is 61.3 Å². The molecule has 3 nitrogen and oxygen atoms in total. The van der Waals surface area contributed by atoms with Crippen molar-refractivity contribution in [2.75, 3.05) is 0 Å². The van der Waals surface area contributed by atoms with E-state index in [1.165, 1.54) is 0 Å². The zero-order valence-corrected chi connectivity index (χ0v) is 7.29. The maximum atomic E-state index is 5.58. The predicted molar refractivity (Wildman–Crippen MR) is 45.4 cm³/mol. The molecule has 2 unspecified atom stereocenters. The van der Waals surface area contributed by atoms with Gasteiger partial charge >= 0.3 is 0 Å². The number of rotatable bonds is 1. The minimum absolute atomic E-state index is 0. The molecule has 10 heavy (non-hydrogen) atoms. The first-order valence-corrected chi connectivity index (χ1v) is 2.95. The fraction of sp³-hybridized carbons (Fsp3) is 1.00. The van der Waals surface area contributed by atoms with Gasteiger partial charge in [0.1, 0.15) is 0 Å². The van der Waals surface area contributed by atoms with Crippen molar-refractivity contribution in [3.05, 3.63) is 0 Å². The molecule has 2 atom stereocenters. The Morgan fingerprint density at radius 2 is 1.80 bits per heavy atom. The lowest BCUT2D eigenvalue weighted by molar-refractivity contribution is 0.0481. The second kappa shape index (κ2) is 6.19. The van der Waals surface area contributed by atoms with Gasteiger partial charge in [-0.25, -0.2) is 5.90 Å². The first-order valence-electron chi connectivity index (χ1n) is 2.95. The summed E-state index contributed by atoms with van der Waals surface area (Å²) in [5.41, 5.74) is 5.58. The highest BCUT2D eigenvalue weighted by Crippen LogP contribution is 2.18. The Hall–Kier alpha value is 0.460. The molecule has 0 amide bonds. The summed E-state index contributed by atoms with van der Waals surface area (Å²) in [6.45, 7) is 0. The van der Waals surface area contributed by atoms with Crippen molar-refractivity contribution in [1.82, 2.24) is 0 Å². The zero-order chi connectivity index (χ0) is 5.98. The SMILES string of the molecule is Cl.Cl.NOC1CCCC1N. The molecule has 4 N–H and O–H groups in total. The van der Waals surface area contributed by atoms with Gasteiger partial charge in [-0.1, -0.05) is 0 Å². The molecule has 1 aliphatic carbocycles. The van der Waals surface area contributed by atoms with Crippen LogP contribution in [-0.4, -0.2) is 12.1 Å². The molecular formula is C5H14Cl2N2O. The second-order valence-corrected chi connectivity index (χ2v) is 2.27. The van der Waals surface area contributed by atoms with Gasteiger partial charge in [0, 0.05) is 6.04 Å². The largest absolute Gasteiger partial charge is 0.325 e. The van der Waals surface area contributed by atoms with Crippen molar-refractivity contribution >= 4 is 24.8 Å². The van der Waals surface area contributed by atoms with Gasteiger partial charge in [0.25, 0.3) is 0 Å². The van der Waals surface area contributed by atoms with Crippen LogP contribution >= 0.6 is 24.8 Å². The van der Waals surface area contributed by atoms with E-state index in [1.807, 2.05) is 0 Å². The average Bonchev–Trinajstić information content (AvgIpc) is 2.14. The maximum absolute atomic E-state index is 5.58. The van der Waals surface area contributed by atoms with E-state index in [0.717, 1.165) is 19.3 Å². The van der Waals surface area contributed by atoms with E-state index in [9.17, 15) is 0 Å². The lowest BCUT2D eigenvalue weighted by Gasteiger charge is -2.10. The number of halogens is 2. The van der Waals surface area contributed by atoms with Crippen LogP contribution in [-0.2, 0) is 4.84 Å². The highest BCUT2D eigenvalue weighted by atomic mass is 35.5. The minimum atomic E-state index is 0. The molecular weight excluding hydrogens is 175 g/mol. The van der Waals surface area contributed by atoms with Crippen molar-refractivity contribution < 1.29 is 4.84 Å². The molecule has 1 fully saturated rings. The number of hydrogen-bond acceptors (Lipinski definition) is 3. The Kier molecular flexibility index (Phi) is 8.09. The molecule has 1 saturated carbocycles. The first kappa shape index (κ1) is 13.1. The van der Waals surface area contributed by atoms with E-state index in [1.54, 1.807) is 0 Å². The van der Waals surface area contributed by atoms with Crippen LogP contribution in [0.2, 0.25) is 0 Å². The molecule has 5 heteroatoms. The van der Waals surface area contributed by atoms with Gasteiger partial charge < -0.3 is 5.73 Å². The monoisotopic (exact) mass is 188 g/mol. The summed E-state index contributed by atoms with van der Waals surface area (Å²) >= 11 is 0. The molecule has 0 spiro atoms. The third-order valence-corrected chi connectivity index (χ3v) is 1.68. The second-order valence-electron chi connectivity index (χ2n) is 2.27. The van der Waals surface area contributed by atoms with E-state index in [4.69, 9.17) is 11.6 Å². The van der Waals surface area contributed by atoms with Crippen LogP contribution < -0.4 is 11.6 Å². The molecule has 0 radical (unpaired) electrons. The van der Waals surface area contributed by atoms with E-state index >= 15 is 0 Å². The van der Waals surface area contributed by atoms with Gasteiger partial charge in [-0.2, -0.15) is 0 Å². The molecule has 0 bridgehead atoms.